The first-order valence-electron chi connectivity index (χ1n) is 11.3. The van der Waals surface area contributed by atoms with Gasteiger partial charge in [-0.25, -0.2) is 4.99 Å². The van der Waals surface area contributed by atoms with Crippen molar-refractivity contribution in [2.75, 3.05) is 32.7 Å². The second-order valence-electron chi connectivity index (χ2n) is 7.53. The number of rotatable bonds is 10. The Labute approximate surface area is 182 Å². The van der Waals surface area contributed by atoms with Gasteiger partial charge in [-0.3, -0.25) is 9.69 Å². The molecule has 0 aromatic heterocycles. The van der Waals surface area contributed by atoms with Crippen LogP contribution < -0.4 is 5.32 Å². The second kappa shape index (κ2) is 12.4. The Morgan fingerprint density at radius 2 is 2.10 bits per heavy atom. The van der Waals surface area contributed by atoms with E-state index in [0.29, 0.717) is 24.2 Å². The van der Waals surface area contributed by atoms with Crippen LogP contribution in [0.25, 0.3) is 0 Å². The molecule has 0 bridgehead atoms. The summed E-state index contributed by atoms with van der Waals surface area (Å²) in [4.78, 5) is 21.6. The van der Waals surface area contributed by atoms with Gasteiger partial charge in [0.2, 0.25) is 0 Å². The highest BCUT2D eigenvalue weighted by atomic mass is 16.5. The molecule has 0 saturated carbocycles. The van der Waals surface area contributed by atoms with Crippen molar-refractivity contribution in [1.82, 2.24) is 15.1 Å². The van der Waals surface area contributed by atoms with Crippen molar-refractivity contribution in [1.29, 1.82) is 0 Å². The Morgan fingerprint density at radius 1 is 1.33 bits per heavy atom. The number of allylic oxidation sites excluding steroid dienone is 6. The molecular formula is C24H38N4O2. The second-order valence-corrected chi connectivity index (χ2v) is 7.53. The van der Waals surface area contributed by atoms with Crippen LogP contribution in [0.4, 0.5) is 0 Å². The lowest BCUT2D eigenvalue weighted by atomic mass is 9.97. The third-order valence-electron chi connectivity index (χ3n) is 5.60. The summed E-state index contributed by atoms with van der Waals surface area (Å²) in [7, 11) is 0. The lowest BCUT2D eigenvalue weighted by molar-refractivity contribution is -0.122. The Bertz CT molecular complexity index is 711. The average molecular weight is 415 g/mol. The summed E-state index contributed by atoms with van der Waals surface area (Å²) < 4.78 is 5.97. The summed E-state index contributed by atoms with van der Waals surface area (Å²) in [5, 5.41) is 3.40. The van der Waals surface area contributed by atoms with Gasteiger partial charge in [-0.2, -0.15) is 0 Å². The summed E-state index contributed by atoms with van der Waals surface area (Å²) in [6.45, 7) is 14.8. The molecule has 2 aliphatic rings. The number of amides is 1. The fourth-order valence-electron chi connectivity index (χ4n) is 3.77. The maximum Gasteiger partial charge on any atom is 0.300 e. The van der Waals surface area contributed by atoms with Crippen LogP contribution in [0.3, 0.4) is 0 Å². The van der Waals surface area contributed by atoms with Crippen LogP contribution in [0.2, 0.25) is 0 Å². The molecule has 2 atom stereocenters. The average Bonchev–Trinajstić information content (AvgIpc) is 3.38. The van der Waals surface area contributed by atoms with E-state index in [1.165, 1.54) is 0 Å². The number of hydrogen-bond donors (Lipinski definition) is 1. The number of carbonyl (C=O) groups is 1. The Hall–Kier alpha value is -2.34. The molecule has 0 spiro atoms. The molecule has 0 aliphatic carbocycles. The van der Waals surface area contributed by atoms with E-state index in [9.17, 15) is 4.79 Å². The predicted molar refractivity (Wildman–Crippen MR) is 124 cm³/mol. The van der Waals surface area contributed by atoms with Crippen molar-refractivity contribution >= 4 is 11.9 Å². The molecule has 0 aromatic rings. The number of amidine groups is 1. The standard InChI is InChI=1S/C24H38N4O2/c1-6-12-19(13-11-16-27(8-3)9-4)17-22-23(29)28(10-5)24(30-22)26-21(7-2)20-14-15-25-18-20/h6,11-13,16-17,20-21,25H,7-10,14-15,18H2,1-5H3/b12-6-,16-11+,19-13+,22-17+,26-24?. The fourth-order valence-corrected chi connectivity index (χ4v) is 3.77. The number of ether oxygens (including phenoxy) is 1. The van der Waals surface area contributed by atoms with Crippen molar-refractivity contribution < 1.29 is 9.53 Å². The van der Waals surface area contributed by atoms with Gasteiger partial charge in [0, 0.05) is 26.2 Å². The molecule has 2 heterocycles. The molecule has 166 valence electrons. The number of likely N-dealkylation sites (N-methyl/N-ethyl adjacent to an activating group) is 1. The number of nitrogens with zero attached hydrogens (tertiary/aromatic N) is 3. The summed E-state index contributed by atoms with van der Waals surface area (Å²) in [5.41, 5.74) is 0.911. The van der Waals surface area contributed by atoms with E-state index in [0.717, 1.165) is 44.6 Å². The highest BCUT2D eigenvalue weighted by molar-refractivity contribution is 6.09. The van der Waals surface area contributed by atoms with E-state index in [1.807, 2.05) is 38.2 Å². The highest BCUT2D eigenvalue weighted by Gasteiger charge is 2.35. The number of aliphatic imine (C=N–C) groups is 1. The Balaban J connectivity index is 2.25. The van der Waals surface area contributed by atoms with Gasteiger partial charge in [-0.15, -0.1) is 0 Å². The van der Waals surface area contributed by atoms with Crippen LogP contribution in [0.5, 0.6) is 0 Å². The minimum Gasteiger partial charge on any atom is -0.420 e. The first-order valence-corrected chi connectivity index (χ1v) is 11.3. The maximum absolute atomic E-state index is 12.9. The summed E-state index contributed by atoms with van der Waals surface area (Å²) in [6.07, 6.45) is 13.8. The first-order chi connectivity index (χ1) is 14.6. The molecule has 2 unspecified atom stereocenters. The third-order valence-corrected chi connectivity index (χ3v) is 5.60. The molecule has 30 heavy (non-hydrogen) atoms. The SMILES string of the molecule is C\C=C/C(=C\C=C\N(CC)CC)/C=C1/OC(=NC(CC)C2CCNC2)N(CC)C1=O. The molecule has 0 radical (unpaired) electrons. The van der Waals surface area contributed by atoms with Crippen LogP contribution in [-0.4, -0.2) is 60.5 Å². The topological polar surface area (TPSA) is 57.2 Å². The summed E-state index contributed by atoms with van der Waals surface area (Å²) >= 11 is 0. The minimum absolute atomic E-state index is 0.126. The van der Waals surface area contributed by atoms with E-state index in [4.69, 9.17) is 9.73 Å². The van der Waals surface area contributed by atoms with Gasteiger partial charge >= 0.3 is 6.02 Å². The van der Waals surface area contributed by atoms with Gasteiger partial charge in [0.1, 0.15) is 0 Å². The van der Waals surface area contributed by atoms with Crippen LogP contribution in [0.1, 0.15) is 47.5 Å². The number of carbonyl (C=O) groups excluding carboxylic acids is 1. The quantitative estimate of drug-likeness (QED) is 0.436. The zero-order valence-electron chi connectivity index (χ0n) is 19.2. The van der Waals surface area contributed by atoms with Crippen LogP contribution in [0.15, 0.2) is 52.9 Å². The highest BCUT2D eigenvalue weighted by Crippen LogP contribution is 2.24. The first kappa shape index (κ1) is 23.9. The summed E-state index contributed by atoms with van der Waals surface area (Å²) in [6, 6.07) is 0.602. The van der Waals surface area contributed by atoms with Crippen LogP contribution >= 0.6 is 0 Å². The minimum atomic E-state index is -0.126. The molecule has 1 amide bonds. The molecule has 2 aliphatic heterocycles. The molecule has 2 saturated heterocycles. The largest absolute Gasteiger partial charge is 0.420 e. The van der Waals surface area contributed by atoms with Crippen LogP contribution in [-0.2, 0) is 9.53 Å². The molecule has 6 nitrogen and oxygen atoms in total. The number of hydrogen-bond acceptors (Lipinski definition) is 5. The summed E-state index contributed by atoms with van der Waals surface area (Å²) in [5.74, 6) is 0.700. The maximum atomic E-state index is 12.9. The molecule has 6 heteroatoms. The smallest absolute Gasteiger partial charge is 0.300 e. The van der Waals surface area contributed by atoms with Gasteiger partial charge in [0.25, 0.3) is 5.91 Å². The van der Waals surface area contributed by atoms with Crippen molar-refractivity contribution in [3.8, 4) is 0 Å². The van der Waals surface area contributed by atoms with Gasteiger partial charge in [-0.1, -0.05) is 25.2 Å². The van der Waals surface area contributed by atoms with E-state index in [1.54, 1.807) is 11.0 Å². The van der Waals surface area contributed by atoms with Gasteiger partial charge < -0.3 is 15.0 Å². The molecule has 1 N–H and O–H groups in total. The molecule has 2 rings (SSSR count). The predicted octanol–water partition coefficient (Wildman–Crippen LogP) is 3.85. The molecular weight excluding hydrogens is 376 g/mol. The van der Waals surface area contributed by atoms with E-state index >= 15 is 0 Å². The van der Waals surface area contributed by atoms with Gasteiger partial charge in [0.15, 0.2) is 5.76 Å². The fraction of sp³-hybridized carbons (Fsp3) is 0.583. The zero-order chi connectivity index (χ0) is 21.9. The monoisotopic (exact) mass is 414 g/mol. The lowest BCUT2D eigenvalue weighted by Crippen LogP contribution is -2.32. The lowest BCUT2D eigenvalue weighted by Gasteiger charge is -2.19. The van der Waals surface area contributed by atoms with E-state index in [2.05, 4.69) is 37.2 Å². The van der Waals surface area contributed by atoms with E-state index < -0.39 is 0 Å². The van der Waals surface area contributed by atoms with Crippen molar-refractivity contribution in [2.24, 2.45) is 10.9 Å². The van der Waals surface area contributed by atoms with E-state index in [-0.39, 0.29) is 11.9 Å². The molecule has 2 fully saturated rings. The molecule has 0 aromatic carbocycles. The van der Waals surface area contributed by atoms with Gasteiger partial charge in [-0.05, 0) is 76.9 Å². The van der Waals surface area contributed by atoms with Crippen molar-refractivity contribution in [3.63, 3.8) is 0 Å². The van der Waals surface area contributed by atoms with Crippen molar-refractivity contribution in [3.05, 3.63) is 47.9 Å². The zero-order valence-corrected chi connectivity index (χ0v) is 19.2. The Kier molecular flexibility index (Phi) is 9.87. The third kappa shape index (κ3) is 6.33. The van der Waals surface area contributed by atoms with Gasteiger partial charge in [0.05, 0.1) is 6.04 Å². The van der Waals surface area contributed by atoms with Crippen molar-refractivity contribution in [2.45, 2.75) is 53.5 Å². The normalized spacial score (nSPS) is 24.0. The Morgan fingerprint density at radius 3 is 2.67 bits per heavy atom. The van der Waals surface area contributed by atoms with Crippen LogP contribution in [0, 0.1) is 5.92 Å². The number of nitrogens with one attached hydrogen (secondary N) is 1.